The van der Waals surface area contributed by atoms with Crippen molar-refractivity contribution in [3.05, 3.63) is 29.8 Å². The predicted octanol–water partition coefficient (Wildman–Crippen LogP) is 0.375. The van der Waals surface area contributed by atoms with Crippen LogP contribution in [0.4, 0.5) is 0 Å². The second-order valence-electron chi connectivity index (χ2n) is 3.27. The Hall–Kier alpha value is -1.42. The molecular weight excluding hydrogens is 164 g/mol. The third kappa shape index (κ3) is 1.02. The minimum Gasteiger partial charge on any atom is -0.312 e. The van der Waals surface area contributed by atoms with E-state index in [0.29, 0.717) is 0 Å². The highest BCUT2D eigenvalue weighted by molar-refractivity contribution is 5.34. The molecule has 3 rings (SSSR count). The number of nitrogens with zero attached hydrogens (tertiary/aromatic N) is 3. The van der Waals surface area contributed by atoms with Crippen LogP contribution in [0.1, 0.15) is 11.3 Å². The van der Waals surface area contributed by atoms with Crippen LogP contribution in [-0.4, -0.2) is 20.9 Å². The predicted molar refractivity (Wildman–Crippen MR) is 48.4 cm³/mol. The van der Waals surface area contributed by atoms with Gasteiger partial charge in [-0.1, -0.05) is 0 Å². The summed E-state index contributed by atoms with van der Waals surface area (Å²) >= 11 is 0. The van der Waals surface area contributed by atoms with Crippen molar-refractivity contribution < 1.29 is 0 Å². The van der Waals surface area contributed by atoms with E-state index in [1.807, 2.05) is 10.6 Å². The van der Waals surface area contributed by atoms with Gasteiger partial charge in [-0.3, -0.25) is 4.40 Å². The molecule has 0 radical (unpaired) electrons. The lowest BCUT2D eigenvalue weighted by Gasteiger charge is -2.15. The SMILES string of the molecule is c1cn2cc3c(nc2n1)CCNC3. The first-order chi connectivity index (χ1) is 6.43. The van der Waals surface area contributed by atoms with Gasteiger partial charge in [0.25, 0.3) is 0 Å². The molecule has 0 spiro atoms. The van der Waals surface area contributed by atoms with Gasteiger partial charge in [0, 0.05) is 43.7 Å². The molecule has 0 bridgehead atoms. The van der Waals surface area contributed by atoms with E-state index in [0.717, 1.165) is 25.3 Å². The van der Waals surface area contributed by atoms with E-state index in [1.54, 1.807) is 6.20 Å². The van der Waals surface area contributed by atoms with Gasteiger partial charge in [-0.15, -0.1) is 0 Å². The normalized spacial score (nSPS) is 16.0. The molecule has 0 saturated carbocycles. The molecule has 0 saturated heterocycles. The highest BCUT2D eigenvalue weighted by Gasteiger charge is 2.11. The largest absolute Gasteiger partial charge is 0.312 e. The molecule has 4 nitrogen and oxygen atoms in total. The molecule has 0 amide bonds. The number of imidazole rings is 1. The van der Waals surface area contributed by atoms with E-state index in [4.69, 9.17) is 0 Å². The van der Waals surface area contributed by atoms with E-state index in [2.05, 4.69) is 21.5 Å². The van der Waals surface area contributed by atoms with Crippen LogP contribution in [0.3, 0.4) is 0 Å². The molecule has 0 aromatic carbocycles. The second-order valence-corrected chi connectivity index (χ2v) is 3.27. The standard InChI is InChI=1S/C9H10N4/c1-2-10-5-7-6-13-4-3-11-9(13)12-8(1)7/h3-4,6,10H,1-2,5H2. The Bertz CT molecular complexity index is 406. The molecule has 1 N–H and O–H groups in total. The zero-order valence-corrected chi connectivity index (χ0v) is 7.20. The summed E-state index contributed by atoms with van der Waals surface area (Å²) < 4.78 is 1.96. The molecule has 3 heterocycles. The fraction of sp³-hybridized carbons (Fsp3) is 0.333. The number of hydrogen-bond donors (Lipinski definition) is 1. The van der Waals surface area contributed by atoms with Crippen molar-refractivity contribution in [2.75, 3.05) is 6.54 Å². The van der Waals surface area contributed by atoms with Crippen molar-refractivity contribution in [2.24, 2.45) is 0 Å². The van der Waals surface area contributed by atoms with E-state index < -0.39 is 0 Å². The fourth-order valence-corrected chi connectivity index (χ4v) is 1.72. The highest BCUT2D eigenvalue weighted by atomic mass is 15.1. The minimum atomic E-state index is 0.806. The molecule has 66 valence electrons. The van der Waals surface area contributed by atoms with Crippen LogP contribution in [0.2, 0.25) is 0 Å². The van der Waals surface area contributed by atoms with Gasteiger partial charge in [-0.25, -0.2) is 9.97 Å². The number of rotatable bonds is 0. The van der Waals surface area contributed by atoms with Crippen LogP contribution < -0.4 is 5.32 Å². The van der Waals surface area contributed by atoms with Crippen molar-refractivity contribution in [2.45, 2.75) is 13.0 Å². The molecule has 0 aliphatic carbocycles. The van der Waals surface area contributed by atoms with Gasteiger partial charge in [0.2, 0.25) is 5.78 Å². The minimum absolute atomic E-state index is 0.806. The molecule has 13 heavy (non-hydrogen) atoms. The first kappa shape index (κ1) is 7.03. The van der Waals surface area contributed by atoms with Crippen molar-refractivity contribution in [1.29, 1.82) is 0 Å². The van der Waals surface area contributed by atoms with Gasteiger partial charge < -0.3 is 5.32 Å². The number of aromatic nitrogens is 3. The van der Waals surface area contributed by atoms with Crippen molar-refractivity contribution in [3.63, 3.8) is 0 Å². The Morgan fingerprint density at radius 3 is 3.46 bits per heavy atom. The van der Waals surface area contributed by atoms with E-state index >= 15 is 0 Å². The topological polar surface area (TPSA) is 42.2 Å². The van der Waals surface area contributed by atoms with Crippen LogP contribution in [-0.2, 0) is 13.0 Å². The first-order valence-corrected chi connectivity index (χ1v) is 4.46. The molecule has 1 aliphatic heterocycles. The molecular formula is C9H10N4. The van der Waals surface area contributed by atoms with Crippen LogP contribution in [0.5, 0.6) is 0 Å². The summed E-state index contributed by atoms with van der Waals surface area (Å²) in [7, 11) is 0. The Morgan fingerprint density at radius 1 is 1.46 bits per heavy atom. The molecule has 4 heteroatoms. The maximum Gasteiger partial charge on any atom is 0.233 e. The summed E-state index contributed by atoms with van der Waals surface area (Å²) in [4.78, 5) is 8.65. The summed E-state index contributed by atoms with van der Waals surface area (Å²) in [6.45, 7) is 1.95. The van der Waals surface area contributed by atoms with E-state index in [9.17, 15) is 0 Å². The quantitative estimate of drug-likeness (QED) is 0.627. The number of fused-ring (bicyclic) bond motifs is 2. The molecule has 2 aromatic heterocycles. The zero-order valence-electron chi connectivity index (χ0n) is 7.20. The zero-order chi connectivity index (χ0) is 8.67. The third-order valence-electron chi connectivity index (χ3n) is 2.40. The summed E-state index contributed by atoms with van der Waals surface area (Å²) in [6, 6.07) is 0. The molecule has 0 atom stereocenters. The summed E-state index contributed by atoms with van der Waals surface area (Å²) in [6.07, 6.45) is 6.83. The summed E-state index contributed by atoms with van der Waals surface area (Å²) in [5, 5.41) is 3.32. The maximum atomic E-state index is 4.49. The Labute approximate surface area is 75.6 Å². The lowest BCUT2D eigenvalue weighted by atomic mass is 10.1. The molecule has 1 aliphatic rings. The number of hydrogen-bond acceptors (Lipinski definition) is 3. The molecule has 0 fully saturated rings. The highest BCUT2D eigenvalue weighted by Crippen LogP contribution is 2.11. The Balaban J connectivity index is 2.28. The lowest BCUT2D eigenvalue weighted by molar-refractivity contribution is 0.626. The van der Waals surface area contributed by atoms with E-state index in [-0.39, 0.29) is 0 Å². The van der Waals surface area contributed by atoms with Crippen LogP contribution in [0, 0.1) is 0 Å². The van der Waals surface area contributed by atoms with Crippen LogP contribution >= 0.6 is 0 Å². The van der Waals surface area contributed by atoms with Crippen molar-refractivity contribution in [1.82, 2.24) is 19.7 Å². The summed E-state index contributed by atoms with van der Waals surface area (Å²) in [5.41, 5.74) is 2.48. The van der Waals surface area contributed by atoms with E-state index in [1.165, 1.54) is 11.3 Å². The smallest absolute Gasteiger partial charge is 0.233 e. The maximum absolute atomic E-state index is 4.49. The molecule has 2 aromatic rings. The van der Waals surface area contributed by atoms with Crippen LogP contribution in [0.15, 0.2) is 18.6 Å². The monoisotopic (exact) mass is 174 g/mol. The van der Waals surface area contributed by atoms with Crippen molar-refractivity contribution in [3.8, 4) is 0 Å². The average Bonchev–Trinajstić information content (AvgIpc) is 2.61. The van der Waals surface area contributed by atoms with Gasteiger partial charge in [0.05, 0.1) is 5.69 Å². The van der Waals surface area contributed by atoms with Crippen LogP contribution in [0.25, 0.3) is 5.78 Å². The van der Waals surface area contributed by atoms with Gasteiger partial charge in [-0.05, 0) is 0 Å². The number of nitrogens with one attached hydrogen (secondary N) is 1. The average molecular weight is 174 g/mol. The fourth-order valence-electron chi connectivity index (χ4n) is 1.72. The van der Waals surface area contributed by atoms with Gasteiger partial charge in [0.1, 0.15) is 0 Å². The van der Waals surface area contributed by atoms with Gasteiger partial charge in [0.15, 0.2) is 0 Å². The third-order valence-corrected chi connectivity index (χ3v) is 2.40. The molecule has 0 unspecified atom stereocenters. The van der Waals surface area contributed by atoms with Gasteiger partial charge in [-0.2, -0.15) is 0 Å². The second kappa shape index (κ2) is 2.53. The summed E-state index contributed by atoms with van der Waals surface area (Å²) in [5.74, 6) is 0.806. The first-order valence-electron chi connectivity index (χ1n) is 4.46. The van der Waals surface area contributed by atoms with Gasteiger partial charge >= 0.3 is 0 Å². The Kier molecular flexibility index (Phi) is 1.37. The Morgan fingerprint density at radius 2 is 2.46 bits per heavy atom. The lowest BCUT2D eigenvalue weighted by Crippen LogP contribution is -2.25. The van der Waals surface area contributed by atoms with Crippen molar-refractivity contribution >= 4 is 5.78 Å².